The van der Waals surface area contributed by atoms with Crippen LogP contribution in [0.25, 0.3) is 0 Å². The first-order valence-electron chi connectivity index (χ1n) is 5.01. The Kier molecular flexibility index (Phi) is 4.50. The number of hydrogen-bond acceptors (Lipinski definition) is 2. The zero-order valence-electron chi connectivity index (χ0n) is 9.29. The van der Waals surface area contributed by atoms with Crippen LogP contribution in [0.15, 0.2) is 24.3 Å². The lowest BCUT2D eigenvalue weighted by molar-refractivity contribution is -0.119. The molecule has 0 radical (unpaired) electrons. The van der Waals surface area contributed by atoms with Gasteiger partial charge >= 0.3 is 0 Å². The van der Waals surface area contributed by atoms with Crippen LogP contribution in [-0.2, 0) is 4.79 Å². The highest BCUT2D eigenvalue weighted by atomic mass is 35.5. The lowest BCUT2D eigenvalue weighted by Crippen LogP contribution is -2.23. The number of ketones is 1. The molecule has 3 nitrogen and oxygen atoms in total. The zero-order chi connectivity index (χ0) is 12.1. The maximum atomic E-state index is 11.3. The molecular weight excluding hydrogens is 226 g/mol. The number of nitrogens with one attached hydrogen (secondary N) is 1. The molecule has 1 N–H and O–H groups in total. The van der Waals surface area contributed by atoms with E-state index < -0.39 is 0 Å². The number of amides is 1. The number of Topliss-reactive ketones (excluding diaryl/α,β-unsaturated/α-hetero) is 1. The highest BCUT2D eigenvalue weighted by molar-refractivity contribution is 6.30. The van der Waals surface area contributed by atoms with Crippen LogP contribution in [-0.4, -0.2) is 17.6 Å². The molecule has 0 unspecified atom stereocenters. The van der Waals surface area contributed by atoms with Gasteiger partial charge in [0.1, 0.15) is 0 Å². The largest absolute Gasteiger partial charge is 0.350 e. The molecule has 0 aliphatic heterocycles. The number of carbonyl (C=O) groups is 2. The molecule has 86 valence electrons. The van der Waals surface area contributed by atoms with E-state index in [4.69, 9.17) is 11.6 Å². The van der Waals surface area contributed by atoms with E-state index in [9.17, 15) is 9.59 Å². The highest BCUT2D eigenvalue weighted by Crippen LogP contribution is 2.13. The number of halogens is 1. The van der Waals surface area contributed by atoms with Crippen molar-refractivity contribution in [1.82, 2.24) is 5.32 Å². The first kappa shape index (κ1) is 12.7. The summed E-state index contributed by atoms with van der Waals surface area (Å²) in [7, 11) is 0. The first-order chi connectivity index (χ1) is 7.54. The molecule has 0 aliphatic rings. The third-order valence-corrected chi connectivity index (χ3v) is 2.52. The summed E-state index contributed by atoms with van der Waals surface area (Å²) in [4.78, 5) is 22.1. The second kappa shape index (κ2) is 5.66. The molecule has 0 saturated carbocycles. The quantitative estimate of drug-likeness (QED) is 0.647. The molecule has 0 bridgehead atoms. The molecule has 1 atom stereocenters. The van der Waals surface area contributed by atoms with E-state index in [0.717, 1.165) is 5.56 Å². The number of hydrogen-bond donors (Lipinski definition) is 1. The molecule has 16 heavy (non-hydrogen) atoms. The summed E-state index contributed by atoms with van der Waals surface area (Å²) in [6, 6.07) is 7.02. The molecule has 0 saturated heterocycles. The van der Waals surface area contributed by atoms with E-state index in [1.54, 1.807) is 12.1 Å². The molecule has 0 aliphatic carbocycles. The average Bonchev–Trinajstić information content (AvgIpc) is 2.27. The molecule has 0 heterocycles. The highest BCUT2D eigenvalue weighted by Gasteiger charge is 2.08. The second-order valence-electron chi connectivity index (χ2n) is 3.60. The van der Waals surface area contributed by atoms with Crippen LogP contribution in [0, 0.1) is 0 Å². The first-order valence-corrected chi connectivity index (χ1v) is 5.54. The third-order valence-electron chi connectivity index (χ3n) is 2.27. The topological polar surface area (TPSA) is 46.2 Å². The normalized spacial score (nSPS) is 11.9. The molecular formula is C12H14ClNO2. The van der Waals surface area contributed by atoms with Gasteiger partial charge in [0, 0.05) is 12.5 Å². The summed E-state index contributed by atoms with van der Waals surface area (Å²) in [5.74, 6) is -0.186. The van der Waals surface area contributed by atoms with Crippen molar-refractivity contribution in [2.75, 3.05) is 5.88 Å². The summed E-state index contributed by atoms with van der Waals surface area (Å²) in [5, 5.41) is 2.77. The van der Waals surface area contributed by atoms with Crippen molar-refractivity contribution >= 4 is 23.3 Å². The molecule has 1 aromatic rings. The number of benzene rings is 1. The van der Waals surface area contributed by atoms with E-state index in [0.29, 0.717) is 5.56 Å². The van der Waals surface area contributed by atoms with Gasteiger partial charge in [0.25, 0.3) is 0 Å². The van der Waals surface area contributed by atoms with E-state index in [1.165, 1.54) is 6.92 Å². The molecule has 1 rings (SSSR count). The minimum absolute atomic E-state index is 0.0133. The van der Waals surface area contributed by atoms with Gasteiger partial charge in [-0.25, -0.2) is 0 Å². The minimum atomic E-state index is -0.0969. The Labute approximate surface area is 99.8 Å². The molecule has 0 fully saturated rings. The third kappa shape index (κ3) is 3.35. The van der Waals surface area contributed by atoms with Crippen molar-refractivity contribution < 1.29 is 9.59 Å². The molecule has 1 aromatic carbocycles. The van der Waals surface area contributed by atoms with Crippen molar-refractivity contribution in [3.63, 3.8) is 0 Å². The van der Waals surface area contributed by atoms with Gasteiger partial charge in [-0.2, -0.15) is 0 Å². The van der Waals surface area contributed by atoms with Crippen LogP contribution in [0.3, 0.4) is 0 Å². The lowest BCUT2D eigenvalue weighted by atomic mass is 10.0. The van der Waals surface area contributed by atoms with E-state index in [2.05, 4.69) is 5.32 Å². The summed E-state index contributed by atoms with van der Waals surface area (Å²) in [5.41, 5.74) is 1.55. The number of carbonyl (C=O) groups excluding carboxylic acids is 2. The molecule has 4 heteroatoms. The maximum Gasteiger partial charge on any atom is 0.217 e. The van der Waals surface area contributed by atoms with Crippen molar-refractivity contribution in [2.24, 2.45) is 0 Å². The predicted molar refractivity (Wildman–Crippen MR) is 63.7 cm³/mol. The van der Waals surface area contributed by atoms with Gasteiger partial charge in [-0.15, -0.1) is 11.6 Å². The summed E-state index contributed by atoms with van der Waals surface area (Å²) in [6.07, 6.45) is 0. The molecule has 1 amide bonds. The Balaban J connectivity index is 2.78. The second-order valence-corrected chi connectivity index (χ2v) is 3.87. The van der Waals surface area contributed by atoms with Gasteiger partial charge in [-0.05, 0) is 12.5 Å². The average molecular weight is 240 g/mol. The summed E-state index contributed by atoms with van der Waals surface area (Å²) in [6.45, 7) is 3.36. The SMILES string of the molecule is CC(=O)N[C@H](C)c1ccc(C(=O)CCl)cc1. The van der Waals surface area contributed by atoms with E-state index in [1.807, 2.05) is 19.1 Å². The van der Waals surface area contributed by atoms with Gasteiger partial charge in [0.05, 0.1) is 11.9 Å². The maximum absolute atomic E-state index is 11.3. The van der Waals surface area contributed by atoms with Gasteiger partial charge in [0.15, 0.2) is 5.78 Å². The lowest BCUT2D eigenvalue weighted by Gasteiger charge is -2.12. The monoisotopic (exact) mass is 239 g/mol. The molecule has 0 spiro atoms. The Morgan fingerprint density at radius 2 is 1.88 bits per heavy atom. The van der Waals surface area contributed by atoms with Crippen LogP contribution >= 0.6 is 11.6 Å². The van der Waals surface area contributed by atoms with Gasteiger partial charge in [0.2, 0.25) is 5.91 Å². The van der Waals surface area contributed by atoms with Crippen molar-refractivity contribution in [2.45, 2.75) is 19.9 Å². The van der Waals surface area contributed by atoms with Crippen LogP contribution in [0.2, 0.25) is 0 Å². The van der Waals surface area contributed by atoms with Crippen LogP contribution in [0.1, 0.15) is 35.8 Å². The summed E-state index contributed by atoms with van der Waals surface area (Å²) >= 11 is 5.45. The minimum Gasteiger partial charge on any atom is -0.350 e. The van der Waals surface area contributed by atoms with Crippen LogP contribution in [0.5, 0.6) is 0 Å². The van der Waals surface area contributed by atoms with E-state index in [-0.39, 0.29) is 23.6 Å². The standard InChI is InChI=1S/C12H14ClNO2/c1-8(14-9(2)15)10-3-5-11(6-4-10)12(16)7-13/h3-6,8H,7H2,1-2H3,(H,14,15)/t8-/m1/s1. The Morgan fingerprint density at radius 3 is 2.31 bits per heavy atom. The van der Waals surface area contributed by atoms with Gasteiger partial charge in [-0.1, -0.05) is 24.3 Å². The van der Waals surface area contributed by atoms with Gasteiger partial charge < -0.3 is 5.32 Å². The van der Waals surface area contributed by atoms with Crippen molar-refractivity contribution in [3.8, 4) is 0 Å². The number of rotatable bonds is 4. The van der Waals surface area contributed by atoms with Crippen molar-refractivity contribution in [3.05, 3.63) is 35.4 Å². The predicted octanol–water partition coefficient (Wildman–Crippen LogP) is 2.31. The summed E-state index contributed by atoms with van der Waals surface area (Å²) < 4.78 is 0. The van der Waals surface area contributed by atoms with Crippen molar-refractivity contribution in [1.29, 1.82) is 0 Å². The van der Waals surface area contributed by atoms with E-state index >= 15 is 0 Å². The fourth-order valence-corrected chi connectivity index (χ4v) is 1.58. The van der Waals surface area contributed by atoms with Crippen LogP contribution < -0.4 is 5.32 Å². The molecule has 0 aromatic heterocycles. The van der Waals surface area contributed by atoms with Crippen LogP contribution in [0.4, 0.5) is 0 Å². The Hall–Kier alpha value is -1.35. The zero-order valence-corrected chi connectivity index (χ0v) is 10.0. The Morgan fingerprint density at radius 1 is 1.31 bits per heavy atom. The Bertz CT molecular complexity index is 387. The smallest absolute Gasteiger partial charge is 0.217 e. The number of alkyl halides is 1. The van der Waals surface area contributed by atoms with Gasteiger partial charge in [-0.3, -0.25) is 9.59 Å². The fourth-order valence-electron chi connectivity index (χ4n) is 1.42. The fraction of sp³-hybridized carbons (Fsp3) is 0.333.